The number of nitrogens with one attached hydrogen (secondary N) is 1. The molecule has 7 heteroatoms. The predicted molar refractivity (Wildman–Crippen MR) is 167 cm³/mol. The second-order valence-corrected chi connectivity index (χ2v) is 10.3. The zero-order valence-electron chi connectivity index (χ0n) is 24.7. The smallest absolute Gasteiger partial charge is 0.411 e. The molecule has 0 radical (unpaired) electrons. The Bertz CT molecular complexity index is 1490. The van der Waals surface area contributed by atoms with Gasteiger partial charge in [0, 0.05) is 37.5 Å². The van der Waals surface area contributed by atoms with Crippen molar-refractivity contribution in [3.05, 3.63) is 107 Å². The minimum absolute atomic E-state index is 0.101. The number of carbonyl (C=O) groups is 1. The molecule has 1 amide bonds. The second-order valence-electron chi connectivity index (χ2n) is 10.3. The summed E-state index contributed by atoms with van der Waals surface area (Å²) >= 11 is 0. The van der Waals surface area contributed by atoms with Gasteiger partial charge in [-0.1, -0.05) is 54.6 Å². The van der Waals surface area contributed by atoms with Crippen LogP contribution in [0.25, 0.3) is 11.1 Å². The maximum Gasteiger partial charge on any atom is 0.411 e. The Morgan fingerprint density at radius 3 is 2.24 bits per heavy atom. The van der Waals surface area contributed by atoms with Crippen molar-refractivity contribution < 1.29 is 23.7 Å². The number of rotatable bonds is 12. The molecular formula is C35H38N2O5. The lowest BCUT2D eigenvalue weighted by Crippen LogP contribution is -2.26. The van der Waals surface area contributed by atoms with Crippen LogP contribution in [0.1, 0.15) is 35.1 Å². The second kappa shape index (κ2) is 13.4. The van der Waals surface area contributed by atoms with Crippen LogP contribution in [0.5, 0.6) is 11.5 Å². The van der Waals surface area contributed by atoms with Crippen molar-refractivity contribution in [2.75, 3.05) is 50.7 Å². The normalized spacial score (nSPS) is 11.9. The number of fused-ring (bicyclic) bond motifs is 3. The molecule has 5 rings (SSSR count). The van der Waals surface area contributed by atoms with Gasteiger partial charge in [0.2, 0.25) is 0 Å². The van der Waals surface area contributed by atoms with Gasteiger partial charge in [0.1, 0.15) is 6.61 Å². The Morgan fingerprint density at radius 1 is 0.881 bits per heavy atom. The summed E-state index contributed by atoms with van der Waals surface area (Å²) in [7, 11) is 3.31. The highest BCUT2D eigenvalue weighted by atomic mass is 16.5. The molecule has 0 heterocycles. The van der Waals surface area contributed by atoms with Gasteiger partial charge in [0.15, 0.2) is 11.5 Å². The van der Waals surface area contributed by atoms with Crippen molar-refractivity contribution in [1.29, 1.82) is 0 Å². The van der Waals surface area contributed by atoms with Crippen molar-refractivity contribution in [3.8, 4) is 22.6 Å². The number of hydrogen-bond donors (Lipinski definition) is 1. The maximum absolute atomic E-state index is 12.6. The van der Waals surface area contributed by atoms with Gasteiger partial charge in [-0.05, 0) is 77.6 Å². The summed E-state index contributed by atoms with van der Waals surface area (Å²) in [5.74, 6) is 1.38. The van der Waals surface area contributed by atoms with Crippen LogP contribution in [-0.4, -0.2) is 46.6 Å². The van der Waals surface area contributed by atoms with Gasteiger partial charge < -0.3 is 23.8 Å². The number of ether oxygens (including phenoxy) is 4. The molecule has 0 fully saturated rings. The lowest BCUT2D eigenvalue weighted by atomic mass is 9.98. The number of nitrogens with zero attached hydrogens (tertiary/aromatic N) is 1. The minimum atomic E-state index is -0.518. The largest absolute Gasteiger partial charge is 0.493 e. The third-order valence-electron chi connectivity index (χ3n) is 7.72. The number of anilines is 2. The zero-order chi connectivity index (χ0) is 29.5. The maximum atomic E-state index is 12.6. The number of benzene rings is 4. The monoisotopic (exact) mass is 566 g/mol. The minimum Gasteiger partial charge on any atom is -0.493 e. The molecule has 0 aromatic heterocycles. The standard InChI is InChI=1S/C35H38N2O5/c1-5-37(18-19-39-3)26-15-16-32(24(2)20-26)36-35(38)42-22-25-14-17-33(34(21-25)40-4)41-23-31-29-12-8-6-10-27(29)28-11-7-9-13-30(28)31/h6-17,20-21,31H,5,18-19,22-23H2,1-4H3,(H,36,38). The van der Waals surface area contributed by atoms with Crippen LogP contribution in [0.15, 0.2) is 84.9 Å². The fraction of sp³-hybridized carbons (Fsp3) is 0.286. The molecular weight excluding hydrogens is 528 g/mol. The van der Waals surface area contributed by atoms with Crippen LogP contribution in [0.3, 0.4) is 0 Å². The van der Waals surface area contributed by atoms with Gasteiger partial charge in [0.25, 0.3) is 0 Å². The lowest BCUT2D eigenvalue weighted by molar-refractivity contribution is 0.155. The molecule has 4 aromatic rings. The molecule has 0 saturated heterocycles. The molecule has 0 bridgehead atoms. The molecule has 0 atom stereocenters. The highest BCUT2D eigenvalue weighted by molar-refractivity contribution is 5.86. The van der Waals surface area contributed by atoms with Crippen LogP contribution >= 0.6 is 0 Å². The van der Waals surface area contributed by atoms with Crippen LogP contribution in [0, 0.1) is 6.92 Å². The highest BCUT2D eigenvalue weighted by Gasteiger charge is 2.28. The third kappa shape index (κ3) is 6.37. The van der Waals surface area contributed by atoms with E-state index in [-0.39, 0.29) is 12.5 Å². The molecule has 7 nitrogen and oxygen atoms in total. The number of methoxy groups -OCH3 is 2. The van der Waals surface area contributed by atoms with Crippen LogP contribution in [0.2, 0.25) is 0 Å². The average molecular weight is 567 g/mol. The van der Waals surface area contributed by atoms with Gasteiger partial charge >= 0.3 is 6.09 Å². The quantitative estimate of drug-likeness (QED) is 0.193. The van der Waals surface area contributed by atoms with Crippen molar-refractivity contribution in [1.82, 2.24) is 0 Å². The Balaban J connectivity index is 1.19. The van der Waals surface area contributed by atoms with Crippen LogP contribution in [-0.2, 0) is 16.1 Å². The molecule has 42 heavy (non-hydrogen) atoms. The summed E-state index contributed by atoms with van der Waals surface area (Å²) in [5, 5.41) is 2.86. The Hall–Kier alpha value is -4.49. The van der Waals surface area contributed by atoms with E-state index in [0.717, 1.165) is 29.9 Å². The van der Waals surface area contributed by atoms with Crippen molar-refractivity contribution >= 4 is 17.5 Å². The summed E-state index contributed by atoms with van der Waals surface area (Å²) in [6.45, 7) is 6.99. The molecule has 0 saturated carbocycles. The zero-order valence-corrected chi connectivity index (χ0v) is 24.7. The topological polar surface area (TPSA) is 69.3 Å². The van der Waals surface area contributed by atoms with E-state index in [1.807, 2.05) is 37.3 Å². The van der Waals surface area contributed by atoms with Gasteiger partial charge in [-0.15, -0.1) is 0 Å². The first kappa shape index (κ1) is 29.0. The first-order chi connectivity index (χ1) is 20.5. The summed E-state index contributed by atoms with van der Waals surface area (Å²) in [6, 6.07) is 28.5. The summed E-state index contributed by atoms with van der Waals surface area (Å²) in [4.78, 5) is 14.8. The number of aryl methyl sites for hydroxylation is 1. The fourth-order valence-corrected chi connectivity index (χ4v) is 5.48. The first-order valence-electron chi connectivity index (χ1n) is 14.3. The summed E-state index contributed by atoms with van der Waals surface area (Å²) < 4.78 is 22.7. The van der Waals surface area contributed by atoms with Gasteiger partial charge in [-0.25, -0.2) is 4.79 Å². The van der Waals surface area contributed by atoms with E-state index in [1.54, 1.807) is 14.2 Å². The molecule has 4 aromatic carbocycles. The van der Waals surface area contributed by atoms with E-state index in [9.17, 15) is 4.79 Å². The predicted octanol–water partition coefficient (Wildman–Crippen LogP) is 7.42. The van der Waals surface area contributed by atoms with Gasteiger partial charge in [-0.3, -0.25) is 5.32 Å². The van der Waals surface area contributed by atoms with E-state index >= 15 is 0 Å². The fourth-order valence-electron chi connectivity index (χ4n) is 5.48. The number of hydrogen-bond acceptors (Lipinski definition) is 6. The van der Waals surface area contributed by atoms with Gasteiger partial charge in [0.05, 0.1) is 20.3 Å². The Labute approximate surface area is 248 Å². The molecule has 0 unspecified atom stereocenters. The number of carbonyl (C=O) groups excluding carboxylic acids is 1. The van der Waals surface area contributed by atoms with Crippen molar-refractivity contribution in [2.45, 2.75) is 26.4 Å². The van der Waals surface area contributed by atoms with E-state index in [4.69, 9.17) is 18.9 Å². The molecule has 218 valence electrons. The SMILES string of the molecule is CCN(CCOC)c1ccc(NC(=O)OCc2ccc(OCC3c4ccccc4-c4ccccc43)c(OC)c2)c(C)c1. The van der Waals surface area contributed by atoms with E-state index in [1.165, 1.54) is 22.3 Å². The van der Waals surface area contributed by atoms with Gasteiger partial charge in [-0.2, -0.15) is 0 Å². The number of likely N-dealkylation sites (N-methyl/N-ethyl adjacent to an activating group) is 1. The van der Waals surface area contributed by atoms with E-state index < -0.39 is 6.09 Å². The number of amides is 1. The lowest BCUT2D eigenvalue weighted by Gasteiger charge is -2.23. The van der Waals surface area contributed by atoms with E-state index in [0.29, 0.717) is 30.4 Å². The molecule has 0 aliphatic heterocycles. The van der Waals surface area contributed by atoms with E-state index in [2.05, 4.69) is 71.7 Å². The average Bonchev–Trinajstić information content (AvgIpc) is 3.34. The molecule has 1 aliphatic rings. The highest BCUT2D eigenvalue weighted by Crippen LogP contribution is 2.45. The molecule has 1 N–H and O–H groups in total. The Kier molecular flexibility index (Phi) is 9.29. The first-order valence-corrected chi connectivity index (χ1v) is 14.3. The molecule has 0 spiro atoms. The molecule has 1 aliphatic carbocycles. The summed E-state index contributed by atoms with van der Waals surface area (Å²) in [5.41, 5.74) is 8.61. The van der Waals surface area contributed by atoms with Crippen molar-refractivity contribution in [2.24, 2.45) is 0 Å². The van der Waals surface area contributed by atoms with Crippen LogP contribution in [0.4, 0.5) is 16.2 Å². The third-order valence-corrected chi connectivity index (χ3v) is 7.72. The summed E-state index contributed by atoms with van der Waals surface area (Å²) in [6.07, 6.45) is -0.518. The van der Waals surface area contributed by atoms with Crippen LogP contribution < -0.4 is 19.7 Å². The van der Waals surface area contributed by atoms with Crippen molar-refractivity contribution in [3.63, 3.8) is 0 Å². The Morgan fingerprint density at radius 2 is 1.60 bits per heavy atom.